The van der Waals surface area contributed by atoms with Gasteiger partial charge in [-0.25, -0.2) is 0 Å². The van der Waals surface area contributed by atoms with Gasteiger partial charge in [0.05, 0.1) is 6.61 Å². The van der Waals surface area contributed by atoms with Gasteiger partial charge in [0.2, 0.25) is 0 Å². The lowest BCUT2D eigenvalue weighted by molar-refractivity contribution is 0.0927. The smallest absolute Gasteiger partial charge is 0.251 e. The Morgan fingerprint density at radius 2 is 2.10 bits per heavy atom. The number of unbranched alkanes of at least 4 members (excludes halogenated alkanes) is 1. The molecule has 1 N–H and O–H groups in total. The van der Waals surface area contributed by atoms with Crippen molar-refractivity contribution in [3.63, 3.8) is 0 Å². The van der Waals surface area contributed by atoms with E-state index < -0.39 is 0 Å². The molecule has 0 atom stereocenters. The van der Waals surface area contributed by atoms with Gasteiger partial charge in [-0.1, -0.05) is 38.7 Å². The minimum atomic E-state index is 0.0258. The summed E-state index contributed by atoms with van der Waals surface area (Å²) in [4.78, 5) is 12.2. The lowest BCUT2D eigenvalue weighted by Crippen LogP contribution is -2.36. The monoisotopic (exact) mass is 275 g/mol. The molecule has 3 heteroatoms. The summed E-state index contributed by atoms with van der Waals surface area (Å²) in [6, 6.07) is 7.84. The van der Waals surface area contributed by atoms with Crippen LogP contribution in [-0.2, 0) is 0 Å². The van der Waals surface area contributed by atoms with Crippen molar-refractivity contribution in [2.45, 2.75) is 57.9 Å². The Morgan fingerprint density at radius 3 is 2.85 bits per heavy atom. The van der Waals surface area contributed by atoms with E-state index in [-0.39, 0.29) is 5.91 Å². The highest BCUT2D eigenvalue weighted by atomic mass is 16.5. The van der Waals surface area contributed by atoms with Gasteiger partial charge < -0.3 is 10.1 Å². The first-order chi connectivity index (χ1) is 9.79. The molecular formula is C17H25NO2. The summed E-state index contributed by atoms with van der Waals surface area (Å²) < 4.78 is 5.65. The van der Waals surface area contributed by atoms with Crippen LogP contribution in [0.2, 0.25) is 0 Å². The van der Waals surface area contributed by atoms with E-state index >= 15 is 0 Å². The fourth-order valence-electron chi connectivity index (χ4n) is 2.58. The first-order valence-corrected chi connectivity index (χ1v) is 7.83. The molecule has 1 aliphatic rings. The van der Waals surface area contributed by atoms with Gasteiger partial charge in [0, 0.05) is 11.6 Å². The summed E-state index contributed by atoms with van der Waals surface area (Å²) in [6.45, 7) is 2.85. The lowest BCUT2D eigenvalue weighted by Gasteiger charge is -2.22. The molecular weight excluding hydrogens is 250 g/mol. The Balaban J connectivity index is 1.89. The first-order valence-electron chi connectivity index (χ1n) is 7.83. The van der Waals surface area contributed by atoms with Crippen molar-refractivity contribution in [2.75, 3.05) is 6.61 Å². The number of benzene rings is 1. The van der Waals surface area contributed by atoms with Gasteiger partial charge in [0.1, 0.15) is 5.75 Å². The second-order valence-electron chi connectivity index (χ2n) is 5.54. The molecule has 1 aromatic carbocycles. The SMILES string of the molecule is CCCCOc1cccc(C(=O)NC2CCCCC2)c1. The molecule has 1 fully saturated rings. The second kappa shape index (κ2) is 7.93. The zero-order valence-electron chi connectivity index (χ0n) is 12.4. The second-order valence-corrected chi connectivity index (χ2v) is 5.54. The molecule has 0 unspecified atom stereocenters. The van der Waals surface area contributed by atoms with E-state index in [0.29, 0.717) is 18.2 Å². The van der Waals surface area contributed by atoms with E-state index in [1.165, 1.54) is 19.3 Å². The summed E-state index contributed by atoms with van der Waals surface area (Å²) in [7, 11) is 0. The average Bonchev–Trinajstić information content (AvgIpc) is 2.49. The minimum absolute atomic E-state index is 0.0258. The molecule has 0 heterocycles. The van der Waals surface area contributed by atoms with Crippen molar-refractivity contribution in [3.8, 4) is 5.75 Å². The van der Waals surface area contributed by atoms with E-state index in [1.807, 2.05) is 24.3 Å². The van der Waals surface area contributed by atoms with E-state index in [2.05, 4.69) is 12.2 Å². The fourth-order valence-corrected chi connectivity index (χ4v) is 2.58. The number of carbonyl (C=O) groups is 1. The summed E-state index contributed by atoms with van der Waals surface area (Å²) in [5.74, 6) is 0.813. The van der Waals surface area contributed by atoms with Gasteiger partial charge in [0.15, 0.2) is 0 Å². The molecule has 0 aliphatic heterocycles. The summed E-state index contributed by atoms with van der Waals surface area (Å²) in [5.41, 5.74) is 0.699. The molecule has 1 saturated carbocycles. The molecule has 1 amide bonds. The zero-order valence-corrected chi connectivity index (χ0v) is 12.4. The average molecular weight is 275 g/mol. The third-order valence-electron chi connectivity index (χ3n) is 3.80. The minimum Gasteiger partial charge on any atom is -0.494 e. The highest BCUT2D eigenvalue weighted by Crippen LogP contribution is 2.19. The number of hydrogen-bond donors (Lipinski definition) is 1. The molecule has 20 heavy (non-hydrogen) atoms. The largest absolute Gasteiger partial charge is 0.494 e. The molecule has 0 spiro atoms. The summed E-state index contributed by atoms with van der Waals surface area (Å²) in [6.07, 6.45) is 8.13. The number of hydrogen-bond acceptors (Lipinski definition) is 2. The summed E-state index contributed by atoms with van der Waals surface area (Å²) in [5, 5.41) is 3.14. The van der Waals surface area contributed by atoms with Crippen LogP contribution in [0.5, 0.6) is 5.75 Å². The molecule has 2 rings (SSSR count). The van der Waals surface area contributed by atoms with Crippen molar-refractivity contribution in [1.29, 1.82) is 0 Å². The van der Waals surface area contributed by atoms with Gasteiger partial charge in [-0.05, 0) is 37.5 Å². The number of ether oxygens (including phenoxy) is 1. The quantitative estimate of drug-likeness (QED) is 0.799. The highest BCUT2D eigenvalue weighted by molar-refractivity contribution is 5.94. The maximum atomic E-state index is 12.2. The van der Waals surface area contributed by atoms with E-state index in [9.17, 15) is 4.79 Å². The Kier molecular flexibility index (Phi) is 5.90. The predicted octanol–water partition coefficient (Wildman–Crippen LogP) is 3.93. The molecule has 1 aromatic rings. The normalized spacial score (nSPS) is 15.8. The van der Waals surface area contributed by atoms with Crippen LogP contribution in [0.4, 0.5) is 0 Å². The van der Waals surface area contributed by atoms with Crippen LogP contribution in [0.25, 0.3) is 0 Å². The van der Waals surface area contributed by atoms with Crippen LogP contribution in [0.1, 0.15) is 62.2 Å². The molecule has 3 nitrogen and oxygen atoms in total. The van der Waals surface area contributed by atoms with E-state index in [1.54, 1.807) is 0 Å². The molecule has 110 valence electrons. The van der Waals surface area contributed by atoms with Crippen molar-refractivity contribution < 1.29 is 9.53 Å². The molecule has 0 saturated heterocycles. The zero-order chi connectivity index (χ0) is 14.2. The topological polar surface area (TPSA) is 38.3 Å². The Labute approximate surface area is 121 Å². The third kappa shape index (κ3) is 4.55. The Morgan fingerprint density at radius 1 is 1.30 bits per heavy atom. The molecule has 0 bridgehead atoms. The first kappa shape index (κ1) is 14.9. The highest BCUT2D eigenvalue weighted by Gasteiger charge is 2.16. The van der Waals surface area contributed by atoms with Crippen LogP contribution in [0, 0.1) is 0 Å². The number of carbonyl (C=O) groups excluding carboxylic acids is 1. The van der Waals surface area contributed by atoms with Gasteiger partial charge in [-0.15, -0.1) is 0 Å². The summed E-state index contributed by atoms with van der Waals surface area (Å²) >= 11 is 0. The number of amides is 1. The van der Waals surface area contributed by atoms with Crippen LogP contribution >= 0.6 is 0 Å². The third-order valence-corrected chi connectivity index (χ3v) is 3.80. The van der Waals surface area contributed by atoms with Crippen molar-refractivity contribution in [1.82, 2.24) is 5.32 Å². The van der Waals surface area contributed by atoms with Crippen LogP contribution in [0.3, 0.4) is 0 Å². The van der Waals surface area contributed by atoms with Crippen LogP contribution in [0.15, 0.2) is 24.3 Å². The van der Waals surface area contributed by atoms with Gasteiger partial charge in [0.25, 0.3) is 5.91 Å². The standard InChI is InChI=1S/C17H25NO2/c1-2-3-12-20-16-11-7-8-14(13-16)17(19)18-15-9-5-4-6-10-15/h7-8,11,13,15H,2-6,9-10,12H2,1H3,(H,18,19). The lowest BCUT2D eigenvalue weighted by atomic mass is 9.95. The number of nitrogens with one attached hydrogen (secondary N) is 1. The van der Waals surface area contributed by atoms with Crippen molar-refractivity contribution in [2.24, 2.45) is 0 Å². The van der Waals surface area contributed by atoms with Crippen molar-refractivity contribution in [3.05, 3.63) is 29.8 Å². The maximum Gasteiger partial charge on any atom is 0.251 e. The van der Waals surface area contributed by atoms with E-state index in [0.717, 1.165) is 31.4 Å². The van der Waals surface area contributed by atoms with Crippen molar-refractivity contribution >= 4 is 5.91 Å². The fraction of sp³-hybridized carbons (Fsp3) is 0.588. The van der Waals surface area contributed by atoms with Gasteiger partial charge in [-0.3, -0.25) is 4.79 Å². The van der Waals surface area contributed by atoms with Crippen LogP contribution in [-0.4, -0.2) is 18.6 Å². The van der Waals surface area contributed by atoms with Gasteiger partial charge in [-0.2, -0.15) is 0 Å². The molecule has 0 radical (unpaired) electrons. The predicted molar refractivity (Wildman–Crippen MR) is 81.2 cm³/mol. The van der Waals surface area contributed by atoms with Crippen LogP contribution < -0.4 is 10.1 Å². The van der Waals surface area contributed by atoms with E-state index in [4.69, 9.17) is 4.74 Å². The Bertz CT molecular complexity index is 425. The molecule has 1 aliphatic carbocycles. The van der Waals surface area contributed by atoms with Gasteiger partial charge >= 0.3 is 0 Å². The Hall–Kier alpha value is -1.51. The maximum absolute atomic E-state index is 12.2. The number of rotatable bonds is 6. The molecule has 0 aromatic heterocycles.